The van der Waals surface area contributed by atoms with E-state index in [9.17, 15) is 0 Å². The Balaban J connectivity index is -0.0000000493. The van der Waals surface area contributed by atoms with Crippen LogP contribution in [-0.4, -0.2) is 0 Å². The van der Waals surface area contributed by atoms with Gasteiger partial charge in [0.05, 0.1) is 6.07 Å². The average Bonchev–Trinajstić information content (AvgIpc) is 2.22. The van der Waals surface area contributed by atoms with E-state index in [1.165, 1.54) is 6.92 Å². The lowest BCUT2D eigenvalue weighted by atomic mass is 10.5. The van der Waals surface area contributed by atoms with E-state index >= 15 is 0 Å². The van der Waals surface area contributed by atoms with E-state index in [0.717, 1.165) is 0 Å². The van der Waals surface area contributed by atoms with Crippen molar-refractivity contribution in [3.8, 4) is 6.07 Å². The molecule has 0 saturated carbocycles. The van der Waals surface area contributed by atoms with E-state index in [-0.39, 0.29) is 0 Å². The maximum Gasteiger partial charge on any atom is 0.0587 e. The molecule has 0 aromatic carbocycles. The second kappa shape index (κ2) is 73.4. The van der Waals surface area contributed by atoms with Gasteiger partial charge in [-0.05, 0) is 0 Å². The van der Waals surface area contributed by atoms with Crippen LogP contribution in [0.2, 0.25) is 0 Å². The minimum atomic E-state index is 1.43. The Labute approximate surface area is 84.1 Å². The van der Waals surface area contributed by atoms with Crippen molar-refractivity contribution in [2.45, 2.75) is 34.6 Å². The van der Waals surface area contributed by atoms with Crippen LogP contribution in [0.4, 0.5) is 0 Å². The number of nitriles is 1. The standard InChI is InChI=1S/C6H8.C2H3N.2C2H6/c1-3-5-6-4-2;1-2-3;2*1-2/h3-6H,1-2H2;1H3;2*1-2H3/b6-5-;;;. The molecule has 0 amide bonds. The molecule has 0 unspecified atom stereocenters. The van der Waals surface area contributed by atoms with Gasteiger partial charge in [-0.2, -0.15) is 5.26 Å². The molecule has 0 rings (SSSR count). The summed E-state index contributed by atoms with van der Waals surface area (Å²) in [4.78, 5) is 0. The third-order valence-corrected chi connectivity index (χ3v) is 0.383. The fourth-order valence-corrected chi connectivity index (χ4v) is 0.157. The second-order valence-electron chi connectivity index (χ2n) is 1.08. The Morgan fingerprint density at radius 1 is 0.923 bits per heavy atom. The van der Waals surface area contributed by atoms with Gasteiger partial charge in [-0.1, -0.05) is 65.2 Å². The summed E-state index contributed by atoms with van der Waals surface area (Å²) in [6, 6.07) is 1.75. The second-order valence-corrected chi connectivity index (χ2v) is 1.08. The van der Waals surface area contributed by atoms with Crippen LogP contribution < -0.4 is 0 Å². The van der Waals surface area contributed by atoms with Crippen molar-refractivity contribution in [1.82, 2.24) is 0 Å². The lowest BCUT2D eigenvalue weighted by Gasteiger charge is -1.60. The van der Waals surface area contributed by atoms with E-state index in [2.05, 4.69) is 13.2 Å². The lowest BCUT2D eigenvalue weighted by molar-refractivity contribution is 1.49. The minimum absolute atomic E-state index is 1.43. The van der Waals surface area contributed by atoms with Gasteiger partial charge in [-0.3, -0.25) is 0 Å². The third kappa shape index (κ3) is 278. The predicted octanol–water partition coefficient (Wildman–Crippen LogP) is 4.50. The zero-order chi connectivity index (χ0) is 11.5. The number of allylic oxidation sites excluding steroid dienone is 4. The van der Waals surface area contributed by atoms with E-state index in [1.54, 1.807) is 18.2 Å². The van der Waals surface area contributed by atoms with Crippen LogP contribution in [0.1, 0.15) is 34.6 Å². The molecular weight excluding hydrogens is 158 g/mol. The third-order valence-electron chi connectivity index (χ3n) is 0.383. The van der Waals surface area contributed by atoms with Crippen LogP contribution >= 0.6 is 0 Å². The molecule has 1 nitrogen and oxygen atoms in total. The van der Waals surface area contributed by atoms with Crippen LogP contribution in [-0.2, 0) is 0 Å². The van der Waals surface area contributed by atoms with Gasteiger partial charge in [-0.15, -0.1) is 0 Å². The molecule has 0 radical (unpaired) electrons. The minimum Gasteiger partial charge on any atom is -0.199 e. The average molecular weight is 181 g/mol. The first kappa shape index (κ1) is 22.6. The van der Waals surface area contributed by atoms with Gasteiger partial charge in [0.1, 0.15) is 0 Å². The first-order valence-corrected chi connectivity index (χ1v) is 4.54. The van der Waals surface area contributed by atoms with Crippen molar-refractivity contribution >= 4 is 0 Å². The normalized spacial score (nSPS) is 5.54. The smallest absolute Gasteiger partial charge is 0.0587 e. The Hall–Kier alpha value is -1.29. The van der Waals surface area contributed by atoms with Crippen molar-refractivity contribution in [2.75, 3.05) is 0 Å². The van der Waals surface area contributed by atoms with E-state index in [1.807, 2.05) is 39.8 Å². The predicted molar refractivity (Wildman–Crippen MR) is 63.5 cm³/mol. The van der Waals surface area contributed by atoms with E-state index in [4.69, 9.17) is 5.26 Å². The van der Waals surface area contributed by atoms with Crippen LogP contribution in [0.25, 0.3) is 0 Å². The molecule has 0 atom stereocenters. The maximum atomic E-state index is 7.32. The largest absolute Gasteiger partial charge is 0.199 e. The number of hydrogen-bond donors (Lipinski definition) is 0. The van der Waals surface area contributed by atoms with E-state index < -0.39 is 0 Å². The van der Waals surface area contributed by atoms with Crippen molar-refractivity contribution in [3.63, 3.8) is 0 Å². The number of hydrogen-bond acceptors (Lipinski definition) is 1. The van der Waals surface area contributed by atoms with Gasteiger partial charge >= 0.3 is 0 Å². The molecule has 1 heteroatoms. The fourth-order valence-electron chi connectivity index (χ4n) is 0.157. The highest BCUT2D eigenvalue weighted by atomic mass is 14.2. The fraction of sp³-hybridized carbons (Fsp3) is 0.417. The van der Waals surface area contributed by atoms with Crippen molar-refractivity contribution < 1.29 is 0 Å². The Kier molecular flexibility index (Phi) is 128. The van der Waals surface area contributed by atoms with Crippen LogP contribution in [0.5, 0.6) is 0 Å². The van der Waals surface area contributed by atoms with Gasteiger partial charge in [0.15, 0.2) is 0 Å². The summed E-state index contributed by atoms with van der Waals surface area (Å²) in [6.07, 6.45) is 7.07. The summed E-state index contributed by atoms with van der Waals surface area (Å²) in [5.41, 5.74) is 0. The Morgan fingerprint density at radius 2 is 1.08 bits per heavy atom. The highest BCUT2D eigenvalue weighted by Crippen LogP contribution is 1.69. The highest BCUT2D eigenvalue weighted by Gasteiger charge is 1.47. The summed E-state index contributed by atoms with van der Waals surface area (Å²) in [6.45, 7) is 16.4. The van der Waals surface area contributed by atoms with Crippen LogP contribution in [0.3, 0.4) is 0 Å². The first-order chi connectivity index (χ1) is 6.33. The van der Waals surface area contributed by atoms with Crippen LogP contribution in [0, 0.1) is 11.3 Å². The molecule has 0 aromatic heterocycles. The van der Waals surface area contributed by atoms with Gasteiger partial charge in [0.2, 0.25) is 0 Å². The van der Waals surface area contributed by atoms with Gasteiger partial charge in [0, 0.05) is 6.92 Å². The molecule has 0 fully saturated rings. The summed E-state index contributed by atoms with van der Waals surface area (Å²) < 4.78 is 0. The molecule has 0 heterocycles. The molecule has 0 aliphatic carbocycles. The molecule has 0 aliphatic heterocycles. The zero-order valence-electron chi connectivity index (χ0n) is 9.67. The Bertz CT molecular complexity index is 117. The zero-order valence-corrected chi connectivity index (χ0v) is 9.67. The highest BCUT2D eigenvalue weighted by molar-refractivity contribution is 5.05. The summed E-state index contributed by atoms with van der Waals surface area (Å²) in [5, 5.41) is 7.32. The summed E-state index contributed by atoms with van der Waals surface area (Å²) >= 11 is 0. The monoisotopic (exact) mass is 181 g/mol. The van der Waals surface area contributed by atoms with Crippen LogP contribution in [0.15, 0.2) is 37.5 Å². The molecule has 13 heavy (non-hydrogen) atoms. The van der Waals surface area contributed by atoms with Gasteiger partial charge in [-0.25, -0.2) is 0 Å². The molecule has 0 bridgehead atoms. The van der Waals surface area contributed by atoms with E-state index in [0.29, 0.717) is 0 Å². The molecule has 0 aliphatic rings. The lowest BCUT2D eigenvalue weighted by Crippen LogP contribution is -1.38. The molecular formula is C12H23N. The van der Waals surface area contributed by atoms with Gasteiger partial charge < -0.3 is 0 Å². The SMILES string of the molecule is C=C/C=C\C=C.CC.CC.CC#N. The van der Waals surface area contributed by atoms with Crippen molar-refractivity contribution in [3.05, 3.63) is 37.5 Å². The molecule has 0 aromatic rings. The number of nitrogens with zero attached hydrogens (tertiary/aromatic N) is 1. The van der Waals surface area contributed by atoms with Crippen molar-refractivity contribution in [1.29, 1.82) is 5.26 Å². The topological polar surface area (TPSA) is 23.8 Å². The number of rotatable bonds is 2. The van der Waals surface area contributed by atoms with Crippen molar-refractivity contribution in [2.24, 2.45) is 0 Å². The molecule has 0 N–H and O–H groups in total. The maximum absolute atomic E-state index is 7.32. The first-order valence-electron chi connectivity index (χ1n) is 4.54. The molecule has 76 valence electrons. The molecule has 0 saturated heterocycles. The summed E-state index contributed by atoms with van der Waals surface area (Å²) in [7, 11) is 0. The van der Waals surface area contributed by atoms with Gasteiger partial charge in [0.25, 0.3) is 0 Å². The summed E-state index contributed by atoms with van der Waals surface area (Å²) in [5.74, 6) is 0. The molecule has 0 spiro atoms. The quantitative estimate of drug-likeness (QED) is 0.575. The Morgan fingerprint density at radius 3 is 1.15 bits per heavy atom.